The van der Waals surface area contributed by atoms with Crippen molar-refractivity contribution in [3.8, 4) is 5.75 Å². The molecule has 1 aliphatic carbocycles. The lowest BCUT2D eigenvalue weighted by molar-refractivity contribution is -0.122. The molecule has 0 spiro atoms. The first-order chi connectivity index (χ1) is 14.0. The number of carbonyl (C=O) groups excluding carboxylic acids is 2. The number of Topliss-reactive ketones (excluding diaryl/α,β-unsaturated/α-hetero) is 1. The Morgan fingerprint density at radius 3 is 2.59 bits per heavy atom. The zero-order valence-electron chi connectivity index (χ0n) is 16.0. The monoisotopic (exact) mass is 429 g/mol. The smallest absolute Gasteiger partial charge is 0.225 e. The van der Waals surface area contributed by atoms with Crippen molar-refractivity contribution in [2.45, 2.75) is 38.0 Å². The number of allylic oxidation sites excluding steroid dienone is 2. The standard InChI is InChI=1S/C23H21Cl2NO3/c1-2-29-16-5-3-4-14(8-16)17-12-22(28)26-20-10-15(11-21(27)23(17)20)13-6-7-18(24)19(25)9-13/h3-9,15,17H,2,10-12H2,1H3,(H,26,28). The Labute approximate surface area is 179 Å². The Morgan fingerprint density at radius 2 is 1.83 bits per heavy atom. The maximum Gasteiger partial charge on any atom is 0.225 e. The van der Waals surface area contributed by atoms with E-state index in [0.717, 1.165) is 28.1 Å². The molecule has 1 amide bonds. The first kappa shape index (κ1) is 20.0. The molecule has 0 aromatic heterocycles. The zero-order valence-corrected chi connectivity index (χ0v) is 17.5. The summed E-state index contributed by atoms with van der Waals surface area (Å²) in [5, 5.41) is 3.89. The molecular formula is C23H21Cl2NO3. The van der Waals surface area contributed by atoms with E-state index >= 15 is 0 Å². The Kier molecular flexibility index (Phi) is 5.66. The molecule has 2 unspecified atom stereocenters. The molecule has 2 aromatic rings. The normalized spacial score (nSPS) is 21.6. The Morgan fingerprint density at radius 1 is 1.00 bits per heavy atom. The summed E-state index contributed by atoms with van der Waals surface area (Å²) in [7, 11) is 0. The van der Waals surface area contributed by atoms with Crippen molar-refractivity contribution in [2.24, 2.45) is 0 Å². The molecule has 1 N–H and O–H groups in total. The summed E-state index contributed by atoms with van der Waals surface area (Å²) in [4.78, 5) is 25.6. The third-order valence-corrected chi connectivity index (χ3v) is 6.26. The van der Waals surface area contributed by atoms with Gasteiger partial charge in [-0.25, -0.2) is 0 Å². The van der Waals surface area contributed by atoms with E-state index in [4.69, 9.17) is 27.9 Å². The van der Waals surface area contributed by atoms with Crippen molar-refractivity contribution in [3.63, 3.8) is 0 Å². The zero-order chi connectivity index (χ0) is 20.5. The van der Waals surface area contributed by atoms with Crippen LogP contribution >= 0.6 is 23.2 Å². The summed E-state index contributed by atoms with van der Waals surface area (Å²) in [5.74, 6) is 0.452. The number of ether oxygens (including phenoxy) is 1. The van der Waals surface area contributed by atoms with Crippen LogP contribution in [0.25, 0.3) is 0 Å². The van der Waals surface area contributed by atoms with Crippen molar-refractivity contribution in [3.05, 3.63) is 74.9 Å². The molecule has 6 heteroatoms. The number of benzene rings is 2. The Hall–Kier alpha value is -2.30. The molecule has 150 valence electrons. The number of carbonyl (C=O) groups is 2. The van der Waals surface area contributed by atoms with Crippen LogP contribution < -0.4 is 10.1 Å². The van der Waals surface area contributed by atoms with E-state index in [1.165, 1.54) is 0 Å². The number of hydrogen-bond donors (Lipinski definition) is 1. The molecule has 2 aromatic carbocycles. The minimum Gasteiger partial charge on any atom is -0.494 e. The molecule has 0 bridgehead atoms. The molecule has 1 aliphatic heterocycles. The summed E-state index contributed by atoms with van der Waals surface area (Å²) in [5.41, 5.74) is 3.32. The molecule has 2 atom stereocenters. The lowest BCUT2D eigenvalue weighted by Crippen LogP contribution is -2.38. The van der Waals surface area contributed by atoms with Crippen LogP contribution in [0.3, 0.4) is 0 Å². The van der Waals surface area contributed by atoms with Crippen molar-refractivity contribution >= 4 is 34.9 Å². The van der Waals surface area contributed by atoms with E-state index in [2.05, 4.69) is 5.32 Å². The van der Waals surface area contributed by atoms with Gasteiger partial charge in [0.05, 0.1) is 16.7 Å². The average molecular weight is 430 g/mol. The average Bonchev–Trinajstić information content (AvgIpc) is 2.69. The van der Waals surface area contributed by atoms with Gasteiger partial charge in [-0.05, 0) is 54.7 Å². The second kappa shape index (κ2) is 8.21. The summed E-state index contributed by atoms with van der Waals surface area (Å²) >= 11 is 12.2. The molecule has 0 saturated heterocycles. The van der Waals surface area contributed by atoms with E-state index in [-0.39, 0.29) is 29.9 Å². The molecule has 0 radical (unpaired) electrons. The van der Waals surface area contributed by atoms with Gasteiger partial charge in [0.1, 0.15) is 5.75 Å². The van der Waals surface area contributed by atoms with Gasteiger partial charge < -0.3 is 10.1 Å². The second-order valence-electron chi connectivity index (χ2n) is 7.40. The van der Waals surface area contributed by atoms with Crippen molar-refractivity contribution in [1.29, 1.82) is 0 Å². The number of rotatable bonds is 4. The molecule has 2 aliphatic rings. The fraction of sp³-hybridized carbons (Fsp3) is 0.304. The van der Waals surface area contributed by atoms with Gasteiger partial charge in [0.25, 0.3) is 0 Å². The second-order valence-corrected chi connectivity index (χ2v) is 8.22. The summed E-state index contributed by atoms with van der Waals surface area (Å²) in [6.07, 6.45) is 1.23. The van der Waals surface area contributed by atoms with Gasteiger partial charge in [-0.2, -0.15) is 0 Å². The molecule has 0 fully saturated rings. The minimum absolute atomic E-state index is 0.0372. The number of amides is 1. The predicted molar refractivity (Wildman–Crippen MR) is 114 cm³/mol. The van der Waals surface area contributed by atoms with Gasteiger partial charge in [0, 0.05) is 30.0 Å². The van der Waals surface area contributed by atoms with Crippen LogP contribution in [-0.4, -0.2) is 18.3 Å². The number of ketones is 1. The van der Waals surface area contributed by atoms with Crippen molar-refractivity contribution in [1.82, 2.24) is 5.32 Å². The first-order valence-corrected chi connectivity index (χ1v) is 10.5. The van der Waals surface area contributed by atoms with Crippen LogP contribution in [0.4, 0.5) is 0 Å². The maximum atomic E-state index is 13.2. The van der Waals surface area contributed by atoms with Crippen molar-refractivity contribution in [2.75, 3.05) is 6.61 Å². The molecule has 4 rings (SSSR count). The maximum absolute atomic E-state index is 13.2. The fourth-order valence-electron chi connectivity index (χ4n) is 4.23. The molecule has 0 saturated carbocycles. The lowest BCUT2D eigenvalue weighted by Gasteiger charge is -2.34. The molecule has 29 heavy (non-hydrogen) atoms. The Bertz CT molecular complexity index is 1010. The third-order valence-electron chi connectivity index (χ3n) is 5.52. The van der Waals surface area contributed by atoms with E-state index in [0.29, 0.717) is 29.5 Å². The van der Waals surface area contributed by atoms with Gasteiger partial charge in [-0.3, -0.25) is 9.59 Å². The van der Waals surface area contributed by atoms with Crippen molar-refractivity contribution < 1.29 is 14.3 Å². The van der Waals surface area contributed by atoms with Gasteiger partial charge in [-0.1, -0.05) is 41.4 Å². The number of nitrogens with one attached hydrogen (secondary N) is 1. The van der Waals surface area contributed by atoms with Gasteiger partial charge in [0.15, 0.2) is 5.78 Å². The predicted octanol–water partition coefficient (Wildman–Crippen LogP) is 5.40. The number of hydrogen-bond acceptors (Lipinski definition) is 3. The van der Waals surface area contributed by atoms with Crippen LogP contribution in [0.1, 0.15) is 49.1 Å². The van der Waals surface area contributed by atoms with Crippen LogP contribution in [0.15, 0.2) is 53.7 Å². The highest BCUT2D eigenvalue weighted by molar-refractivity contribution is 6.42. The molecular weight excluding hydrogens is 409 g/mol. The van der Waals surface area contributed by atoms with Gasteiger partial charge in [0.2, 0.25) is 5.91 Å². The quantitative estimate of drug-likeness (QED) is 0.707. The van der Waals surface area contributed by atoms with Crippen LogP contribution in [0.2, 0.25) is 10.0 Å². The highest BCUT2D eigenvalue weighted by Crippen LogP contribution is 2.43. The lowest BCUT2D eigenvalue weighted by atomic mass is 9.73. The first-order valence-electron chi connectivity index (χ1n) is 9.70. The van der Waals surface area contributed by atoms with E-state index < -0.39 is 0 Å². The summed E-state index contributed by atoms with van der Waals surface area (Å²) < 4.78 is 5.60. The highest BCUT2D eigenvalue weighted by atomic mass is 35.5. The third kappa shape index (κ3) is 4.05. The summed E-state index contributed by atoms with van der Waals surface area (Å²) in [6, 6.07) is 13.1. The SMILES string of the molecule is CCOc1cccc(C2CC(=O)NC3=C2C(=O)CC(c2ccc(Cl)c(Cl)c2)C3)c1. The summed E-state index contributed by atoms with van der Waals surface area (Å²) in [6.45, 7) is 2.49. The van der Waals surface area contributed by atoms with Gasteiger partial charge >= 0.3 is 0 Å². The van der Waals surface area contributed by atoms with E-state index in [1.54, 1.807) is 12.1 Å². The van der Waals surface area contributed by atoms with Crippen LogP contribution in [-0.2, 0) is 9.59 Å². The van der Waals surface area contributed by atoms with Gasteiger partial charge in [-0.15, -0.1) is 0 Å². The highest BCUT2D eigenvalue weighted by Gasteiger charge is 2.38. The number of halogens is 2. The Balaban J connectivity index is 1.69. The van der Waals surface area contributed by atoms with E-state index in [1.807, 2.05) is 37.3 Å². The topological polar surface area (TPSA) is 55.4 Å². The van der Waals surface area contributed by atoms with Crippen LogP contribution in [0.5, 0.6) is 5.75 Å². The van der Waals surface area contributed by atoms with Crippen LogP contribution in [0, 0.1) is 0 Å². The molecule has 4 nitrogen and oxygen atoms in total. The molecule has 1 heterocycles. The van der Waals surface area contributed by atoms with E-state index in [9.17, 15) is 9.59 Å². The fourth-order valence-corrected chi connectivity index (χ4v) is 4.54. The largest absolute Gasteiger partial charge is 0.494 e. The minimum atomic E-state index is -0.249.